The van der Waals surface area contributed by atoms with Gasteiger partial charge in [-0.05, 0) is 32.0 Å². The van der Waals surface area contributed by atoms with Gasteiger partial charge in [0.05, 0.1) is 10.7 Å². The molecule has 0 aromatic carbocycles. The molecule has 6 heteroatoms. The zero-order valence-electron chi connectivity index (χ0n) is 13.2. The van der Waals surface area contributed by atoms with E-state index in [-0.39, 0.29) is 5.91 Å². The van der Waals surface area contributed by atoms with Gasteiger partial charge < -0.3 is 4.90 Å². The summed E-state index contributed by atoms with van der Waals surface area (Å²) in [4.78, 5) is 25.4. The Morgan fingerprint density at radius 1 is 1.30 bits per heavy atom. The van der Waals surface area contributed by atoms with Crippen LogP contribution in [0.15, 0.2) is 29.9 Å². The molecule has 0 aliphatic carbocycles. The molecule has 4 heterocycles. The van der Waals surface area contributed by atoms with Crippen molar-refractivity contribution in [2.24, 2.45) is 5.41 Å². The summed E-state index contributed by atoms with van der Waals surface area (Å²) in [5.41, 5.74) is 2.21. The lowest BCUT2D eigenvalue weighted by molar-refractivity contribution is 0.0103. The van der Waals surface area contributed by atoms with Crippen molar-refractivity contribution in [2.45, 2.75) is 19.9 Å². The fourth-order valence-electron chi connectivity index (χ4n) is 3.71. The zero-order chi connectivity index (χ0) is 15.9. The van der Waals surface area contributed by atoms with Gasteiger partial charge in [0.1, 0.15) is 0 Å². The number of amides is 1. The Labute approximate surface area is 140 Å². The summed E-state index contributed by atoms with van der Waals surface area (Å²) in [7, 11) is 0. The second-order valence-corrected chi connectivity index (χ2v) is 7.78. The number of hydrogen-bond donors (Lipinski definition) is 0. The monoisotopic (exact) mass is 328 g/mol. The quantitative estimate of drug-likeness (QED) is 0.867. The Hall–Kier alpha value is -1.79. The Balaban J connectivity index is 1.33. The van der Waals surface area contributed by atoms with E-state index < -0.39 is 0 Å². The predicted molar refractivity (Wildman–Crippen MR) is 89.3 cm³/mol. The van der Waals surface area contributed by atoms with Gasteiger partial charge in [0.15, 0.2) is 0 Å². The van der Waals surface area contributed by atoms with Crippen LogP contribution in [0.4, 0.5) is 0 Å². The van der Waals surface area contributed by atoms with Gasteiger partial charge >= 0.3 is 0 Å². The highest BCUT2D eigenvalue weighted by Gasteiger charge is 2.49. The number of pyridine rings is 1. The molecule has 0 unspecified atom stereocenters. The Kier molecular flexibility index (Phi) is 3.66. The first kappa shape index (κ1) is 14.8. The van der Waals surface area contributed by atoms with Crippen LogP contribution < -0.4 is 0 Å². The zero-order valence-corrected chi connectivity index (χ0v) is 14.1. The van der Waals surface area contributed by atoms with Crippen molar-refractivity contribution in [3.05, 3.63) is 46.2 Å². The topological polar surface area (TPSA) is 49.3 Å². The number of carbonyl (C=O) groups is 1. The average molecular weight is 328 g/mol. The maximum Gasteiger partial charge on any atom is 0.254 e. The molecule has 0 saturated carbocycles. The van der Waals surface area contributed by atoms with E-state index in [9.17, 15) is 4.79 Å². The third-order valence-electron chi connectivity index (χ3n) is 4.84. The molecule has 4 rings (SSSR count). The van der Waals surface area contributed by atoms with Gasteiger partial charge in [-0.25, -0.2) is 4.98 Å². The van der Waals surface area contributed by atoms with Crippen molar-refractivity contribution < 1.29 is 4.79 Å². The van der Waals surface area contributed by atoms with Crippen LogP contribution in [0, 0.1) is 12.3 Å². The maximum atomic E-state index is 12.4. The highest BCUT2D eigenvalue weighted by Crippen LogP contribution is 2.40. The van der Waals surface area contributed by atoms with Gasteiger partial charge in [0, 0.05) is 54.9 Å². The fraction of sp³-hybridized carbons (Fsp3) is 0.471. The molecule has 120 valence electrons. The van der Waals surface area contributed by atoms with E-state index in [0.717, 1.165) is 43.3 Å². The lowest BCUT2D eigenvalue weighted by Crippen LogP contribution is -2.59. The molecule has 2 aliphatic heterocycles. The molecule has 2 aromatic heterocycles. The summed E-state index contributed by atoms with van der Waals surface area (Å²) >= 11 is 1.71. The third kappa shape index (κ3) is 2.88. The first-order valence-electron chi connectivity index (χ1n) is 7.96. The minimum absolute atomic E-state index is 0.131. The van der Waals surface area contributed by atoms with E-state index in [1.165, 1.54) is 12.1 Å². The first-order valence-corrected chi connectivity index (χ1v) is 8.84. The number of nitrogens with zero attached hydrogens (tertiary/aromatic N) is 4. The second-order valence-electron chi connectivity index (χ2n) is 6.72. The van der Waals surface area contributed by atoms with Gasteiger partial charge in [0.2, 0.25) is 0 Å². The van der Waals surface area contributed by atoms with E-state index in [1.807, 2.05) is 11.8 Å². The summed E-state index contributed by atoms with van der Waals surface area (Å²) in [6.07, 6.45) is 4.53. The van der Waals surface area contributed by atoms with Crippen molar-refractivity contribution >= 4 is 17.2 Å². The standard InChI is InChI=1S/C17H20N4OS/c1-13-19-15(9-23-13)8-20-7-4-17(10-20)11-21(12-17)16(22)14-2-5-18-6-3-14/h2-3,5-6,9H,4,7-8,10-12H2,1H3. The minimum Gasteiger partial charge on any atom is -0.337 e. The molecule has 0 bridgehead atoms. The summed E-state index contributed by atoms with van der Waals surface area (Å²) in [5, 5.41) is 3.28. The summed E-state index contributed by atoms with van der Waals surface area (Å²) in [6.45, 7) is 6.91. The Morgan fingerprint density at radius 2 is 2.09 bits per heavy atom. The van der Waals surface area contributed by atoms with Gasteiger partial charge in [-0.15, -0.1) is 11.3 Å². The van der Waals surface area contributed by atoms with Crippen LogP contribution >= 0.6 is 11.3 Å². The van der Waals surface area contributed by atoms with Crippen molar-refractivity contribution in [1.82, 2.24) is 19.8 Å². The van der Waals surface area contributed by atoms with Gasteiger partial charge in [-0.3, -0.25) is 14.7 Å². The second kappa shape index (κ2) is 5.69. The van der Waals surface area contributed by atoms with E-state index >= 15 is 0 Å². The van der Waals surface area contributed by atoms with Gasteiger partial charge in [-0.1, -0.05) is 0 Å². The van der Waals surface area contributed by atoms with Crippen LogP contribution in [-0.2, 0) is 6.54 Å². The molecule has 2 saturated heterocycles. The summed E-state index contributed by atoms with van der Waals surface area (Å²) < 4.78 is 0. The van der Waals surface area contributed by atoms with Gasteiger partial charge in [0.25, 0.3) is 5.91 Å². The van der Waals surface area contributed by atoms with Crippen molar-refractivity contribution in [3.63, 3.8) is 0 Å². The molecule has 1 amide bonds. The molecule has 2 aromatic rings. The van der Waals surface area contributed by atoms with E-state index in [1.54, 1.807) is 35.9 Å². The number of rotatable bonds is 3. The molecule has 2 aliphatic rings. The van der Waals surface area contributed by atoms with Crippen LogP contribution in [0.2, 0.25) is 0 Å². The number of carbonyl (C=O) groups excluding carboxylic acids is 1. The van der Waals surface area contributed by atoms with E-state index in [2.05, 4.69) is 20.2 Å². The summed E-state index contributed by atoms with van der Waals surface area (Å²) in [5.74, 6) is 0.131. The predicted octanol–water partition coefficient (Wildman–Crippen LogP) is 2.19. The van der Waals surface area contributed by atoms with E-state index in [0.29, 0.717) is 5.41 Å². The largest absolute Gasteiger partial charge is 0.337 e. The number of aryl methyl sites for hydroxylation is 1. The fourth-order valence-corrected chi connectivity index (χ4v) is 4.32. The molecule has 0 N–H and O–H groups in total. The maximum absolute atomic E-state index is 12.4. The highest BCUT2D eigenvalue weighted by molar-refractivity contribution is 7.09. The number of likely N-dealkylation sites (tertiary alicyclic amines) is 2. The van der Waals surface area contributed by atoms with Crippen LogP contribution in [-0.4, -0.2) is 51.9 Å². The normalized spacial score (nSPS) is 20.0. The number of hydrogen-bond acceptors (Lipinski definition) is 5. The van der Waals surface area contributed by atoms with Crippen LogP contribution in [0.1, 0.15) is 27.5 Å². The minimum atomic E-state index is 0.131. The Morgan fingerprint density at radius 3 is 2.78 bits per heavy atom. The number of aromatic nitrogens is 2. The Bertz CT molecular complexity index is 708. The molecular weight excluding hydrogens is 308 g/mol. The smallest absolute Gasteiger partial charge is 0.254 e. The lowest BCUT2D eigenvalue weighted by Gasteiger charge is -2.48. The van der Waals surface area contributed by atoms with Crippen LogP contribution in [0.25, 0.3) is 0 Å². The van der Waals surface area contributed by atoms with Crippen molar-refractivity contribution in [1.29, 1.82) is 0 Å². The summed E-state index contributed by atoms with van der Waals surface area (Å²) in [6, 6.07) is 3.58. The molecular formula is C17H20N4OS. The van der Waals surface area contributed by atoms with Crippen molar-refractivity contribution in [3.8, 4) is 0 Å². The first-order chi connectivity index (χ1) is 11.1. The molecule has 23 heavy (non-hydrogen) atoms. The molecule has 2 fully saturated rings. The van der Waals surface area contributed by atoms with E-state index in [4.69, 9.17) is 0 Å². The SMILES string of the molecule is Cc1nc(CN2CCC3(C2)CN(C(=O)c2ccncc2)C3)cs1. The van der Waals surface area contributed by atoms with Crippen LogP contribution in [0.3, 0.4) is 0 Å². The number of thiazole rings is 1. The molecule has 5 nitrogen and oxygen atoms in total. The highest BCUT2D eigenvalue weighted by atomic mass is 32.1. The molecule has 0 atom stereocenters. The van der Waals surface area contributed by atoms with Gasteiger partial charge in [-0.2, -0.15) is 0 Å². The average Bonchev–Trinajstić information content (AvgIpc) is 3.13. The molecule has 1 spiro atoms. The lowest BCUT2D eigenvalue weighted by atomic mass is 9.79. The van der Waals surface area contributed by atoms with Crippen molar-refractivity contribution in [2.75, 3.05) is 26.2 Å². The van der Waals surface area contributed by atoms with Crippen LogP contribution in [0.5, 0.6) is 0 Å². The molecule has 0 radical (unpaired) electrons. The third-order valence-corrected chi connectivity index (χ3v) is 5.66.